The van der Waals surface area contributed by atoms with Gasteiger partial charge in [0.25, 0.3) is 0 Å². The summed E-state index contributed by atoms with van der Waals surface area (Å²) in [4.78, 5) is 13.4. The summed E-state index contributed by atoms with van der Waals surface area (Å²) in [5.74, 6) is -0.196. The third-order valence-corrected chi connectivity index (χ3v) is 21.4. The predicted molar refractivity (Wildman–Crippen MR) is 411 cm³/mol. The number of hydrogen-bond donors (Lipinski definition) is 9. The summed E-state index contributed by atoms with van der Waals surface area (Å²) in [6.45, 7) is 2.93. The molecule has 0 saturated carbocycles. The van der Waals surface area contributed by atoms with Gasteiger partial charge in [0.05, 0.1) is 32.0 Å². The summed E-state index contributed by atoms with van der Waals surface area (Å²) in [5, 5.41) is 87.9. The molecule has 14 heteroatoms. The SMILES string of the molecule is CCCCCCC/C=C\C/C=C\CCCCCCCCCCCCCCCCCCCCCCCCCCCCCCCC(=O)NC(COC1OC(CO)C(OC2OC(CO)C(O)C(O)C2O)C(O)C1O)C(O)CCCCCCCCCCCCCCCCCCCCCCCCCC. The number of nitrogens with one attached hydrogen (secondary N) is 1. The lowest BCUT2D eigenvalue weighted by Crippen LogP contribution is -2.65. The molecule has 14 nitrogen and oxygen atoms in total. The van der Waals surface area contributed by atoms with E-state index in [2.05, 4.69) is 43.5 Å². The van der Waals surface area contributed by atoms with E-state index in [1.807, 2.05) is 0 Å². The fraction of sp³-hybridized carbons (Fsp3) is 0.941. The standard InChI is InChI=1S/C85H163NO13/c1-3-5-7-9-11-13-15-17-19-21-23-25-27-29-30-31-32-33-34-35-36-37-38-39-40-41-42-43-44-45-47-49-51-53-55-57-59-61-63-65-67-69-77(90)86-73(72-96-84-82(95)80(93)83(76(71-88)98-84)99-85-81(94)79(92)78(91)75(70-87)97-85)74(89)68-66-64-62-60-58-56-54-52-50-48-46-28-26-24-22-20-18-16-14-12-10-8-6-4-2/h15,17,21,23,73-76,78-85,87-89,91-95H,3-14,16,18-20,22,24-72H2,1-2H3,(H,86,90)/b17-15-,23-21-. The Balaban J connectivity index is 1.54. The minimum absolute atomic E-state index is 0.196. The Morgan fingerprint density at radius 1 is 0.364 bits per heavy atom. The average Bonchev–Trinajstić information content (AvgIpc) is 0.799. The molecule has 2 aliphatic rings. The number of carbonyl (C=O) groups excluding carboxylic acids is 1. The zero-order chi connectivity index (χ0) is 71.5. The Bertz CT molecular complexity index is 1760. The molecule has 0 aliphatic carbocycles. The Hall–Kier alpha value is -1.53. The van der Waals surface area contributed by atoms with Crippen LogP contribution in [0.5, 0.6) is 0 Å². The van der Waals surface area contributed by atoms with Gasteiger partial charge in [-0.25, -0.2) is 0 Å². The van der Waals surface area contributed by atoms with Crippen molar-refractivity contribution in [2.75, 3.05) is 19.8 Å². The molecule has 2 rings (SSSR count). The molecule has 2 saturated heterocycles. The van der Waals surface area contributed by atoms with Gasteiger partial charge < -0.3 is 65.1 Å². The zero-order valence-corrected chi connectivity index (χ0v) is 64.5. The number of allylic oxidation sites excluding steroid dienone is 4. The maximum absolute atomic E-state index is 13.4. The lowest BCUT2D eigenvalue weighted by molar-refractivity contribution is -0.359. The Morgan fingerprint density at radius 2 is 0.667 bits per heavy atom. The quantitative estimate of drug-likeness (QED) is 0.0204. The monoisotopic (exact) mass is 1410 g/mol. The van der Waals surface area contributed by atoms with E-state index in [9.17, 15) is 45.6 Å². The molecule has 0 radical (unpaired) electrons. The van der Waals surface area contributed by atoms with Crippen molar-refractivity contribution in [2.45, 2.75) is 492 Å². The van der Waals surface area contributed by atoms with Crippen molar-refractivity contribution in [2.24, 2.45) is 0 Å². The van der Waals surface area contributed by atoms with E-state index in [1.165, 1.54) is 334 Å². The van der Waals surface area contributed by atoms with Crippen molar-refractivity contribution >= 4 is 5.91 Å². The van der Waals surface area contributed by atoms with Crippen molar-refractivity contribution < 1.29 is 64.6 Å². The number of aliphatic hydroxyl groups excluding tert-OH is 8. The fourth-order valence-corrected chi connectivity index (χ4v) is 14.6. The van der Waals surface area contributed by atoms with Gasteiger partial charge in [0.1, 0.15) is 48.8 Å². The van der Waals surface area contributed by atoms with E-state index in [0.717, 1.165) is 57.8 Å². The van der Waals surface area contributed by atoms with Crippen LogP contribution in [0.2, 0.25) is 0 Å². The first kappa shape index (κ1) is 93.6. The number of ether oxygens (including phenoxy) is 4. The van der Waals surface area contributed by atoms with Gasteiger partial charge >= 0.3 is 0 Å². The van der Waals surface area contributed by atoms with Crippen molar-refractivity contribution in [3.05, 3.63) is 24.3 Å². The van der Waals surface area contributed by atoms with Crippen LogP contribution < -0.4 is 5.32 Å². The molecule has 2 heterocycles. The van der Waals surface area contributed by atoms with Gasteiger partial charge in [-0.1, -0.05) is 391 Å². The molecule has 12 unspecified atom stereocenters. The molecule has 586 valence electrons. The van der Waals surface area contributed by atoms with Crippen LogP contribution in [-0.2, 0) is 23.7 Å². The topological polar surface area (TPSA) is 228 Å². The number of amides is 1. The second-order valence-corrected chi connectivity index (χ2v) is 30.7. The first-order valence-electron chi connectivity index (χ1n) is 43.1. The van der Waals surface area contributed by atoms with Gasteiger partial charge in [0.2, 0.25) is 5.91 Å². The molecule has 99 heavy (non-hydrogen) atoms. The summed E-state index contributed by atoms with van der Waals surface area (Å²) in [5.41, 5.74) is 0. The highest BCUT2D eigenvalue weighted by atomic mass is 16.7. The highest BCUT2D eigenvalue weighted by Crippen LogP contribution is 2.31. The Kier molecular flexibility index (Phi) is 65.7. The van der Waals surface area contributed by atoms with Crippen molar-refractivity contribution in [3.63, 3.8) is 0 Å². The lowest BCUT2D eigenvalue weighted by Gasteiger charge is -2.46. The lowest BCUT2D eigenvalue weighted by atomic mass is 9.97. The first-order valence-corrected chi connectivity index (χ1v) is 43.1. The van der Waals surface area contributed by atoms with Crippen molar-refractivity contribution in [3.8, 4) is 0 Å². The molecule has 12 atom stereocenters. The maximum Gasteiger partial charge on any atom is 0.220 e. The molecular formula is C85H163NO13. The number of hydrogen-bond acceptors (Lipinski definition) is 13. The molecule has 9 N–H and O–H groups in total. The second kappa shape index (κ2) is 69.5. The van der Waals surface area contributed by atoms with E-state index in [4.69, 9.17) is 18.9 Å². The van der Waals surface area contributed by atoms with Crippen molar-refractivity contribution in [1.29, 1.82) is 0 Å². The van der Waals surface area contributed by atoms with Crippen LogP contribution in [0.3, 0.4) is 0 Å². The number of aliphatic hydroxyl groups is 8. The van der Waals surface area contributed by atoms with Gasteiger partial charge in [-0.2, -0.15) is 0 Å². The van der Waals surface area contributed by atoms with E-state index in [-0.39, 0.29) is 12.5 Å². The number of unbranched alkanes of at least 4 members (excludes halogenated alkanes) is 57. The van der Waals surface area contributed by atoms with E-state index < -0.39 is 86.8 Å². The minimum Gasteiger partial charge on any atom is -0.394 e. The molecule has 2 fully saturated rings. The smallest absolute Gasteiger partial charge is 0.220 e. The summed E-state index contributed by atoms with van der Waals surface area (Å²) < 4.78 is 23.0. The predicted octanol–water partition coefficient (Wildman–Crippen LogP) is 20.2. The molecule has 2 aliphatic heterocycles. The van der Waals surface area contributed by atoms with E-state index in [1.54, 1.807) is 0 Å². The number of rotatable bonds is 74. The van der Waals surface area contributed by atoms with Crippen LogP contribution in [0.15, 0.2) is 24.3 Å². The van der Waals surface area contributed by atoms with E-state index >= 15 is 0 Å². The Morgan fingerprint density at radius 3 is 1.01 bits per heavy atom. The zero-order valence-electron chi connectivity index (χ0n) is 64.5. The third-order valence-electron chi connectivity index (χ3n) is 21.4. The van der Waals surface area contributed by atoms with E-state index in [0.29, 0.717) is 12.8 Å². The molecule has 0 aromatic rings. The first-order chi connectivity index (χ1) is 48.6. The molecule has 1 amide bonds. The normalized spacial score (nSPS) is 22.0. The molecular weight excluding hydrogens is 1240 g/mol. The van der Waals surface area contributed by atoms with Gasteiger partial charge in [-0.05, 0) is 44.9 Å². The Labute approximate surface area is 609 Å². The molecule has 0 aromatic carbocycles. The number of carbonyl (C=O) groups is 1. The summed E-state index contributed by atoms with van der Waals surface area (Å²) in [6.07, 6.45) is 73.9. The summed E-state index contributed by atoms with van der Waals surface area (Å²) >= 11 is 0. The molecule has 0 bridgehead atoms. The average molecular weight is 1410 g/mol. The van der Waals surface area contributed by atoms with Crippen LogP contribution in [0.1, 0.15) is 418 Å². The summed E-state index contributed by atoms with van der Waals surface area (Å²) in [7, 11) is 0. The highest BCUT2D eigenvalue weighted by molar-refractivity contribution is 5.76. The van der Waals surface area contributed by atoms with Gasteiger partial charge in [-0.15, -0.1) is 0 Å². The fourth-order valence-electron chi connectivity index (χ4n) is 14.6. The third kappa shape index (κ3) is 52.2. The summed E-state index contributed by atoms with van der Waals surface area (Å²) in [6, 6.07) is -0.827. The van der Waals surface area contributed by atoms with Crippen LogP contribution in [0.25, 0.3) is 0 Å². The minimum atomic E-state index is -1.78. The van der Waals surface area contributed by atoms with Gasteiger partial charge in [-0.3, -0.25) is 4.79 Å². The van der Waals surface area contributed by atoms with Crippen LogP contribution in [0.4, 0.5) is 0 Å². The highest BCUT2D eigenvalue weighted by Gasteiger charge is 2.51. The van der Waals surface area contributed by atoms with Gasteiger partial charge in [0, 0.05) is 6.42 Å². The van der Waals surface area contributed by atoms with Crippen LogP contribution in [0, 0.1) is 0 Å². The van der Waals surface area contributed by atoms with Crippen LogP contribution >= 0.6 is 0 Å². The van der Waals surface area contributed by atoms with Crippen molar-refractivity contribution in [1.82, 2.24) is 5.32 Å². The maximum atomic E-state index is 13.4. The molecule has 0 aromatic heterocycles. The second-order valence-electron chi connectivity index (χ2n) is 30.7. The van der Waals surface area contributed by atoms with Gasteiger partial charge in [0.15, 0.2) is 12.6 Å². The largest absolute Gasteiger partial charge is 0.394 e. The molecule has 0 spiro atoms. The van der Waals surface area contributed by atoms with Crippen LogP contribution in [-0.4, -0.2) is 140 Å².